The summed E-state index contributed by atoms with van der Waals surface area (Å²) in [6.07, 6.45) is 4.87. The Kier molecular flexibility index (Phi) is 5.43. The number of nitrogens with one attached hydrogen (secondary N) is 1. The number of benzene rings is 1. The molecule has 4 aromatic rings. The van der Waals surface area contributed by atoms with Crippen molar-refractivity contribution in [2.45, 2.75) is 32.2 Å². The van der Waals surface area contributed by atoms with Crippen molar-refractivity contribution in [3.05, 3.63) is 81.6 Å². The lowest BCUT2D eigenvalue weighted by Crippen LogP contribution is -2.32. The highest BCUT2D eigenvalue weighted by Crippen LogP contribution is 2.30. The fourth-order valence-corrected chi connectivity index (χ4v) is 5.26. The Morgan fingerprint density at radius 3 is 2.90 bits per heavy atom. The highest BCUT2D eigenvalue weighted by Gasteiger charge is 2.23. The Labute approximate surface area is 179 Å². The minimum absolute atomic E-state index is 0.244. The minimum Gasteiger partial charge on any atom is -0.342 e. The van der Waals surface area contributed by atoms with Crippen LogP contribution in [-0.2, 0) is 25.8 Å². The molecule has 1 aromatic carbocycles. The summed E-state index contributed by atoms with van der Waals surface area (Å²) in [6, 6.07) is 14.0. The van der Waals surface area contributed by atoms with E-state index in [2.05, 4.69) is 31.3 Å². The number of carbonyl (C=O) groups is 1. The van der Waals surface area contributed by atoms with E-state index in [1.807, 2.05) is 36.4 Å². The monoisotopic (exact) mass is 416 g/mol. The Morgan fingerprint density at radius 2 is 2.03 bits per heavy atom. The second-order valence-corrected chi connectivity index (χ2v) is 8.74. The maximum Gasteiger partial charge on any atom is 0.164 e. The van der Waals surface area contributed by atoms with Gasteiger partial charge in [0.15, 0.2) is 5.78 Å². The zero-order valence-electron chi connectivity index (χ0n) is 16.8. The Hall–Kier alpha value is -2.83. The summed E-state index contributed by atoms with van der Waals surface area (Å²) in [4.78, 5) is 29.0. The summed E-state index contributed by atoms with van der Waals surface area (Å²) in [5.74, 6) is 1.28. The SMILES string of the molecule is O=C(CCc1ccccn1)c1csc2c1CCN(CCc1nc3ccccc3[nH]1)C2. The standard InChI is InChI=1S/C24H24N4OS/c29-22(9-8-17-5-3-4-12-25-17)19-16-30-23-15-28(13-10-18(19)23)14-11-24-26-20-6-1-2-7-21(20)27-24/h1-7,12,16H,8-11,13-15H2,(H,26,27). The van der Waals surface area contributed by atoms with Gasteiger partial charge in [-0.1, -0.05) is 18.2 Å². The number of H-pyrrole nitrogens is 1. The van der Waals surface area contributed by atoms with Crippen LogP contribution < -0.4 is 0 Å². The lowest BCUT2D eigenvalue weighted by molar-refractivity contribution is 0.0981. The molecule has 1 N–H and O–H groups in total. The van der Waals surface area contributed by atoms with Crippen LogP contribution in [0.15, 0.2) is 54.0 Å². The van der Waals surface area contributed by atoms with Crippen LogP contribution in [-0.4, -0.2) is 38.7 Å². The van der Waals surface area contributed by atoms with Crippen LogP contribution in [0.25, 0.3) is 11.0 Å². The maximum absolute atomic E-state index is 12.8. The van der Waals surface area contributed by atoms with Gasteiger partial charge in [-0.25, -0.2) is 4.98 Å². The number of carbonyl (C=O) groups excluding carboxylic acids is 1. The van der Waals surface area contributed by atoms with Gasteiger partial charge < -0.3 is 4.98 Å². The minimum atomic E-state index is 0.244. The molecular weight excluding hydrogens is 392 g/mol. The first-order valence-corrected chi connectivity index (χ1v) is 11.3. The van der Waals surface area contributed by atoms with Crippen molar-refractivity contribution in [2.75, 3.05) is 13.1 Å². The maximum atomic E-state index is 12.8. The highest BCUT2D eigenvalue weighted by atomic mass is 32.1. The van der Waals surface area contributed by atoms with Crippen LogP contribution in [0.2, 0.25) is 0 Å². The number of aryl methyl sites for hydroxylation is 1. The molecule has 5 nitrogen and oxygen atoms in total. The van der Waals surface area contributed by atoms with Crippen LogP contribution in [0.1, 0.15) is 38.7 Å². The summed E-state index contributed by atoms with van der Waals surface area (Å²) in [5, 5.41) is 2.06. The number of pyridine rings is 1. The van der Waals surface area contributed by atoms with E-state index in [4.69, 9.17) is 0 Å². The van der Waals surface area contributed by atoms with Gasteiger partial charge in [-0.2, -0.15) is 0 Å². The molecule has 0 spiro atoms. The second-order valence-electron chi connectivity index (χ2n) is 7.77. The van der Waals surface area contributed by atoms with Crippen LogP contribution in [0.3, 0.4) is 0 Å². The van der Waals surface area contributed by atoms with Crippen molar-refractivity contribution in [1.29, 1.82) is 0 Å². The van der Waals surface area contributed by atoms with Gasteiger partial charge in [0, 0.05) is 60.2 Å². The molecule has 0 bridgehead atoms. The predicted molar refractivity (Wildman–Crippen MR) is 120 cm³/mol. The third-order valence-electron chi connectivity index (χ3n) is 5.76. The van der Waals surface area contributed by atoms with E-state index in [1.54, 1.807) is 17.5 Å². The van der Waals surface area contributed by atoms with Crippen molar-refractivity contribution in [1.82, 2.24) is 19.9 Å². The quantitative estimate of drug-likeness (QED) is 0.453. The lowest BCUT2D eigenvalue weighted by Gasteiger charge is -2.26. The van der Waals surface area contributed by atoms with Crippen molar-refractivity contribution in [3.63, 3.8) is 0 Å². The predicted octanol–water partition coefficient (Wildman–Crippen LogP) is 4.44. The molecule has 0 saturated heterocycles. The normalized spacial score (nSPS) is 14.1. The van der Waals surface area contributed by atoms with Gasteiger partial charge in [-0.15, -0.1) is 11.3 Å². The fourth-order valence-electron chi connectivity index (χ4n) is 4.12. The van der Waals surface area contributed by atoms with Crippen LogP contribution in [0.5, 0.6) is 0 Å². The number of aromatic nitrogens is 3. The number of para-hydroxylation sites is 2. The third kappa shape index (κ3) is 4.06. The van der Waals surface area contributed by atoms with Gasteiger partial charge >= 0.3 is 0 Å². The van der Waals surface area contributed by atoms with Gasteiger partial charge in [-0.05, 0) is 42.7 Å². The molecule has 30 heavy (non-hydrogen) atoms. The third-order valence-corrected chi connectivity index (χ3v) is 6.78. The van der Waals surface area contributed by atoms with Gasteiger partial charge in [0.25, 0.3) is 0 Å². The zero-order valence-corrected chi connectivity index (χ0v) is 17.6. The zero-order chi connectivity index (χ0) is 20.3. The molecule has 4 heterocycles. The topological polar surface area (TPSA) is 61.9 Å². The number of thiophene rings is 1. The Balaban J connectivity index is 1.19. The van der Waals surface area contributed by atoms with Gasteiger partial charge in [0.2, 0.25) is 0 Å². The summed E-state index contributed by atoms with van der Waals surface area (Å²) in [7, 11) is 0. The molecule has 1 aliphatic heterocycles. The summed E-state index contributed by atoms with van der Waals surface area (Å²) < 4.78 is 0. The molecule has 0 saturated carbocycles. The number of Topliss-reactive ketones (excluding diaryl/α,β-unsaturated/α-hetero) is 1. The Morgan fingerprint density at radius 1 is 1.13 bits per heavy atom. The van der Waals surface area contributed by atoms with Crippen molar-refractivity contribution < 1.29 is 4.79 Å². The second kappa shape index (κ2) is 8.50. The number of aromatic amines is 1. The molecule has 0 unspecified atom stereocenters. The first kappa shape index (κ1) is 19.2. The van der Waals surface area contributed by atoms with Crippen molar-refractivity contribution in [3.8, 4) is 0 Å². The first-order valence-electron chi connectivity index (χ1n) is 10.4. The van der Waals surface area contributed by atoms with Gasteiger partial charge in [0.05, 0.1) is 11.0 Å². The molecule has 0 amide bonds. The Bertz CT molecular complexity index is 1130. The number of rotatable bonds is 7. The molecule has 5 rings (SSSR count). The summed E-state index contributed by atoms with van der Waals surface area (Å²) >= 11 is 1.73. The number of ketones is 1. The largest absolute Gasteiger partial charge is 0.342 e. The van der Waals surface area contributed by atoms with Crippen LogP contribution in [0.4, 0.5) is 0 Å². The van der Waals surface area contributed by atoms with E-state index in [0.29, 0.717) is 12.8 Å². The number of hydrogen-bond donors (Lipinski definition) is 1. The van der Waals surface area contributed by atoms with E-state index in [1.165, 1.54) is 10.4 Å². The molecule has 0 atom stereocenters. The van der Waals surface area contributed by atoms with E-state index in [0.717, 1.165) is 60.6 Å². The molecule has 152 valence electrons. The molecule has 6 heteroatoms. The van der Waals surface area contributed by atoms with Crippen molar-refractivity contribution >= 4 is 28.2 Å². The number of nitrogens with zero attached hydrogens (tertiary/aromatic N) is 3. The van der Waals surface area contributed by atoms with E-state index < -0.39 is 0 Å². The van der Waals surface area contributed by atoms with E-state index in [9.17, 15) is 4.79 Å². The number of fused-ring (bicyclic) bond motifs is 2. The van der Waals surface area contributed by atoms with Crippen LogP contribution >= 0.6 is 11.3 Å². The molecule has 3 aromatic heterocycles. The van der Waals surface area contributed by atoms with E-state index >= 15 is 0 Å². The van der Waals surface area contributed by atoms with Gasteiger partial charge in [0.1, 0.15) is 5.82 Å². The first-order chi connectivity index (χ1) is 14.8. The molecule has 0 aliphatic carbocycles. The van der Waals surface area contributed by atoms with E-state index in [-0.39, 0.29) is 5.78 Å². The molecule has 1 aliphatic rings. The molecule has 0 fully saturated rings. The average Bonchev–Trinajstić information content (AvgIpc) is 3.40. The summed E-state index contributed by atoms with van der Waals surface area (Å²) in [6.45, 7) is 2.89. The average molecular weight is 417 g/mol. The summed E-state index contributed by atoms with van der Waals surface area (Å²) in [5.41, 5.74) is 5.31. The fraction of sp³-hybridized carbons (Fsp3) is 0.292. The number of imidazole rings is 1. The van der Waals surface area contributed by atoms with Crippen LogP contribution in [0, 0.1) is 0 Å². The van der Waals surface area contributed by atoms with Gasteiger partial charge in [-0.3, -0.25) is 14.7 Å². The highest BCUT2D eigenvalue weighted by molar-refractivity contribution is 7.10. The molecule has 0 radical (unpaired) electrons. The lowest BCUT2D eigenvalue weighted by atomic mass is 9.98. The van der Waals surface area contributed by atoms with Crippen molar-refractivity contribution in [2.24, 2.45) is 0 Å². The molecular formula is C24H24N4OS. The smallest absolute Gasteiger partial charge is 0.164 e. The number of hydrogen-bond acceptors (Lipinski definition) is 5.